The molecule has 0 aliphatic heterocycles. The summed E-state index contributed by atoms with van der Waals surface area (Å²) < 4.78 is 6.76. The summed E-state index contributed by atoms with van der Waals surface area (Å²) in [6, 6.07) is 9.05. The molecule has 0 atom stereocenters. The highest BCUT2D eigenvalue weighted by Crippen LogP contribution is 2.30. The van der Waals surface area contributed by atoms with Crippen molar-refractivity contribution in [2.75, 3.05) is 0 Å². The molecule has 0 fully saturated rings. The molecule has 110 valence electrons. The summed E-state index contributed by atoms with van der Waals surface area (Å²) in [5, 5.41) is 11.9. The van der Waals surface area contributed by atoms with Gasteiger partial charge < -0.3 is 15.7 Å². The molecule has 0 radical (unpaired) electrons. The van der Waals surface area contributed by atoms with Crippen LogP contribution in [0.5, 0.6) is 11.5 Å². The van der Waals surface area contributed by atoms with Crippen LogP contribution in [0.4, 0.5) is 0 Å². The first-order valence-corrected chi connectivity index (χ1v) is 7.26. The Morgan fingerprint density at radius 3 is 2.76 bits per heavy atom. The molecule has 1 heterocycles. The number of aryl methyl sites for hydroxylation is 2. The maximum Gasteiger partial charge on any atom is 0.173 e. The molecule has 0 spiro atoms. The molecule has 2 aromatic rings. The zero-order chi connectivity index (χ0) is 15.4. The van der Waals surface area contributed by atoms with E-state index >= 15 is 0 Å². The van der Waals surface area contributed by atoms with Crippen LogP contribution in [0.2, 0.25) is 0 Å². The number of aromatic nitrogens is 1. The molecule has 5 nitrogen and oxygen atoms in total. The summed E-state index contributed by atoms with van der Waals surface area (Å²) in [6.45, 7) is 3.95. The fourth-order valence-corrected chi connectivity index (χ4v) is 2.25. The number of amidine groups is 1. The SMILES string of the molecule is CCc1nc(C)ccc1Oc1cc(Br)ccc1/C(N)=N/O. The van der Waals surface area contributed by atoms with E-state index in [1.165, 1.54) is 0 Å². The largest absolute Gasteiger partial charge is 0.455 e. The number of nitrogens with zero attached hydrogens (tertiary/aromatic N) is 2. The highest BCUT2D eigenvalue weighted by atomic mass is 79.9. The average Bonchev–Trinajstić information content (AvgIpc) is 2.48. The molecule has 2 rings (SSSR count). The van der Waals surface area contributed by atoms with Gasteiger partial charge in [-0.25, -0.2) is 0 Å². The van der Waals surface area contributed by atoms with Crippen molar-refractivity contribution in [2.24, 2.45) is 10.9 Å². The normalized spacial score (nSPS) is 11.5. The number of halogens is 1. The topological polar surface area (TPSA) is 80.7 Å². The maximum absolute atomic E-state index is 8.87. The number of hydrogen-bond acceptors (Lipinski definition) is 4. The van der Waals surface area contributed by atoms with Gasteiger partial charge >= 0.3 is 0 Å². The van der Waals surface area contributed by atoms with Crippen LogP contribution in [0.15, 0.2) is 40.0 Å². The van der Waals surface area contributed by atoms with Gasteiger partial charge in [0.15, 0.2) is 5.84 Å². The molecular weight excluding hydrogens is 334 g/mol. The van der Waals surface area contributed by atoms with Gasteiger partial charge in [0.25, 0.3) is 0 Å². The Bertz CT molecular complexity index is 687. The third kappa shape index (κ3) is 3.52. The molecule has 0 saturated heterocycles. The Morgan fingerprint density at radius 1 is 1.33 bits per heavy atom. The second-order valence-corrected chi connectivity index (χ2v) is 5.39. The second-order valence-electron chi connectivity index (χ2n) is 4.48. The van der Waals surface area contributed by atoms with E-state index in [4.69, 9.17) is 15.7 Å². The Morgan fingerprint density at radius 2 is 2.10 bits per heavy atom. The monoisotopic (exact) mass is 349 g/mol. The Balaban J connectivity index is 2.46. The van der Waals surface area contributed by atoms with E-state index in [9.17, 15) is 0 Å². The van der Waals surface area contributed by atoms with E-state index < -0.39 is 0 Å². The van der Waals surface area contributed by atoms with Crippen molar-refractivity contribution in [3.63, 3.8) is 0 Å². The molecule has 6 heteroatoms. The lowest BCUT2D eigenvalue weighted by atomic mass is 10.2. The summed E-state index contributed by atoms with van der Waals surface area (Å²) in [6.07, 6.45) is 0.754. The van der Waals surface area contributed by atoms with E-state index in [1.807, 2.05) is 26.0 Å². The number of ether oxygens (including phenoxy) is 1. The predicted octanol–water partition coefficient (Wildman–Crippen LogP) is 3.60. The van der Waals surface area contributed by atoms with Crippen LogP contribution in [-0.2, 0) is 6.42 Å². The third-order valence-corrected chi connectivity index (χ3v) is 3.45. The number of pyridine rings is 1. The van der Waals surface area contributed by atoms with Crippen LogP contribution in [0.25, 0.3) is 0 Å². The number of hydrogen-bond donors (Lipinski definition) is 2. The van der Waals surface area contributed by atoms with Crippen LogP contribution >= 0.6 is 15.9 Å². The first-order chi connectivity index (χ1) is 10.0. The second kappa shape index (κ2) is 6.58. The molecule has 0 saturated carbocycles. The predicted molar refractivity (Wildman–Crippen MR) is 85.1 cm³/mol. The van der Waals surface area contributed by atoms with E-state index in [0.717, 1.165) is 22.3 Å². The van der Waals surface area contributed by atoms with E-state index in [-0.39, 0.29) is 5.84 Å². The number of rotatable bonds is 4. The van der Waals surface area contributed by atoms with Gasteiger partial charge in [-0.3, -0.25) is 4.98 Å². The van der Waals surface area contributed by atoms with Crippen molar-refractivity contribution in [3.8, 4) is 11.5 Å². The van der Waals surface area contributed by atoms with Crippen molar-refractivity contribution in [1.82, 2.24) is 4.98 Å². The van der Waals surface area contributed by atoms with Crippen LogP contribution < -0.4 is 10.5 Å². The van der Waals surface area contributed by atoms with Crippen LogP contribution in [0.1, 0.15) is 23.9 Å². The summed E-state index contributed by atoms with van der Waals surface area (Å²) in [5.74, 6) is 1.16. The highest BCUT2D eigenvalue weighted by Gasteiger charge is 2.12. The van der Waals surface area contributed by atoms with Gasteiger partial charge in [0.2, 0.25) is 0 Å². The molecule has 1 aromatic carbocycles. The zero-order valence-electron chi connectivity index (χ0n) is 11.8. The summed E-state index contributed by atoms with van der Waals surface area (Å²) in [5.41, 5.74) is 8.00. The van der Waals surface area contributed by atoms with Gasteiger partial charge in [-0.05, 0) is 43.7 Å². The molecule has 3 N–H and O–H groups in total. The lowest BCUT2D eigenvalue weighted by molar-refractivity contribution is 0.318. The average molecular weight is 350 g/mol. The standard InChI is InChI=1S/C15H16BrN3O2/c1-3-12-13(7-4-9(2)18-12)21-14-8-10(16)5-6-11(14)15(17)19-20/h4-8,20H,3H2,1-2H3,(H2,17,19). The van der Waals surface area contributed by atoms with E-state index in [2.05, 4.69) is 26.1 Å². The summed E-state index contributed by atoms with van der Waals surface area (Å²) in [4.78, 5) is 4.46. The fourth-order valence-electron chi connectivity index (χ4n) is 1.91. The minimum absolute atomic E-state index is 0.00406. The quantitative estimate of drug-likeness (QED) is 0.382. The van der Waals surface area contributed by atoms with Crippen molar-refractivity contribution in [3.05, 3.63) is 51.8 Å². The molecule has 0 aliphatic rings. The number of nitrogens with two attached hydrogens (primary N) is 1. The lowest BCUT2D eigenvalue weighted by Crippen LogP contribution is -2.14. The van der Waals surface area contributed by atoms with Gasteiger partial charge in [0.1, 0.15) is 11.5 Å². The minimum Gasteiger partial charge on any atom is -0.455 e. The molecule has 0 amide bonds. The van der Waals surface area contributed by atoms with Gasteiger partial charge in [-0.2, -0.15) is 0 Å². The summed E-state index contributed by atoms with van der Waals surface area (Å²) in [7, 11) is 0. The Labute approximate surface area is 131 Å². The zero-order valence-corrected chi connectivity index (χ0v) is 13.4. The smallest absolute Gasteiger partial charge is 0.173 e. The first-order valence-electron chi connectivity index (χ1n) is 6.47. The minimum atomic E-state index is -0.00406. The fraction of sp³-hybridized carbons (Fsp3) is 0.200. The maximum atomic E-state index is 8.87. The molecule has 0 unspecified atom stereocenters. The van der Waals surface area contributed by atoms with Crippen molar-refractivity contribution >= 4 is 21.8 Å². The number of benzene rings is 1. The molecule has 0 aliphatic carbocycles. The first kappa shape index (κ1) is 15.3. The molecule has 0 bridgehead atoms. The molecular formula is C15H16BrN3O2. The van der Waals surface area contributed by atoms with Gasteiger partial charge in [-0.15, -0.1) is 0 Å². The van der Waals surface area contributed by atoms with Gasteiger partial charge in [0, 0.05) is 10.2 Å². The van der Waals surface area contributed by atoms with Crippen LogP contribution in [-0.4, -0.2) is 16.0 Å². The van der Waals surface area contributed by atoms with Gasteiger partial charge in [-0.1, -0.05) is 28.0 Å². The Kier molecular flexibility index (Phi) is 4.80. The summed E-state index contributed by atoms with van der Waals surface area (Å²) >= 11 is 3.39. The van der Waals surface area contributed by atoms with E-state index in [0.29, 0.717) is 17.1 Å². The highest BCUT2D eigenvalue weighted by molar-refractivity contribution is 9.10. The third-order valence-electron chi connectivity index (χ3n) is 2.95. The Hall–Kier alpha value is -2.08. The van der Waals surface area contributed by atoms with Crippen LogP contribution in [0.3, 0.4) is 0 Å². The van der Waals surface area contributed by atoms with Gasteiger partial charge in [0.05, 0.1) is 11.3 Å². The number of oxime groups is 1. The lowest BCUT2D eigenvalue weighted by Gasteiger charge is -2.13. The van der Waals surface area contributed by atoms with E-state index in [1.54, 1.807) is 18.2 Å². The molecule has 1 aromatic heterocycles. The van der Waals surface area contributed by atoms with Crippen molar-refractivity contribution in [1.29, 1.82) is 0 Å². The molecule has 21 heavy (non-hydrogen) atoms. The van der Waals surface area contributed by atoms with Crippen LogP contribution in [0, 0.1) is 6.92 Å². The van der Waals surface area contributed by atoms with Crippen molar-refractivity contribution in [2.45, 2.75) is 20.3 Å². The van der Waals surface area contributed by atoms with Crippen molar-refractivity contribution < 1.29 is 9.94 Å².